The lowest BCUT2D eigenvalue weighted by atomic mass is 10.2. The average molecular weight is 359 g/mol. The van der Waals surface area contributed by atoms with Crippen molar-refractivity contribution in [2.75, 3.05) is 20.7 Å². The molecule has 1 heterocycles. The van der Waals surface area contributed by atoms with Crippen molar-refractivity contribution in [3.63, 3.8) is 0 Å². The number of thiocarbonyl (C=S) groups is 1. The van der Waals surface area contributed by atoms with Crippen molar-refractivity contribution in [2.45, 2.75) is 0 Å². The highest BCUT2D eigenvalue weighted by atomic mass is 35.5. The molecule has 1 aliphatic heterocycles. The Morgan fingerprint density at radius 2 is 2.09 bits per heavy atom. The summed E-state index contributed by atoms with van der Waals surface area (Å²) in [4.78, 5) is 26.5. The van der Waals surface area contributed by atoms with E-state index >= 15 is 0 Å². The molecule has 1 aromatic rings. The minimum Gasteiger partial charge on any atom is -0.468 e. The van der Waals surface area contributed by atoms with Crippen LogP contribution in [0.25, 0.3) is 6.08 Å². The maximum atomic E-state index is 12.3. The molecule has 1 saturated heterocycles. The molecular formula is C14H12Cl2N2O3S. The van der Waals surface area contributed by atoms with Gasteiger partial charge in [0.05, 0.1) is 7.11 Å². The van der Waals surface area contributed by atoms with Gasteiger partial charge in [-0.15, -0.1) is 0 Å². The highest BCUT2D eigenvalue weighted by Crippen LogP contribution is 2.27. The standard InChI is InChI=1S/C14H12Cl2N2O3S/c1-17-13(20)11(18(14(17)22)7-12(19)21-2)5-8-3-4-9(15)6-10(8)16/h3-6H,7H2,1-2H3. The Morgan fingerprint density at radius 3 is 2.68 bits per heavy atom. The molecule has 0 aliphatic carbocycles. The van der Waals surface area contributed by atoms with Crippen LogP contribution < -0.4 is 0 Å². The predicted octanol–water partition coefficient (Wildman–Crippen LogP) is 2.57. The molecule has 22 heavy (non-hydrogen) atoms. The summed E-state index contributed by atoms with van der Waals surface area (Å²) in [5, 5.41) is 1.11. The average Bonchev–Trinajstić information content (AvgIpc) is 2.67. The summed E-state index contributed by atoms with van der Waals surface area (Å²) in [5.41, 5.74) is 0.851. The molecule has 0 unspecified atom stereocenters. The van der Waals surface area contributed by atoms with E-state index in [0.717, 1.165) is 0 Å². The molecule has 1 fully saturated rings. The molecule has 0 bridgehead atoms. The van der Waals surface area contributed by atoms with Gasteiger partial charge >= 0.3 is 5.97 Å². The quantitative estimate of drug-likeness (QED) is 0.472. The van der Waals surface area contributed by atoms with E-state index in [-0.39, 0.29) is 23.3 Å². The number of benzene rings is 1. The lowest BCUT2D eigenvalue weighted by Gasteiger charge is -2.17. The van der Waals surface area contributed by atoms with Gasteiger partial charge < -0.3 is 9.64 Å². The second-order valence-corrected chi connectivity index (χ2v) is 5.71. The van der Waals surface area contributed by atoms with Gasteiger partial charge in [-0.1, -0.05) is 29.3 Å². The SMILES string of the molecule is COC(=O)CN1C(=S)N(C)C(=O)C1=Cc1ccc(Cl)cc1Cl. The van der Waals surface area contributed by atoms with E-state index in [0.29, 0.717) is 15.6 Å². The molecule has 5 nitrogen and oxygen atoms in total. The zero-order valence-electron chi connectivity index (χ0n) is 11.8. The van der Waals surface area contributed by atoms with Gasteiger partial charge in [0.2, 0.25) is 0 Å². The Kier molecular flexibility index (Phi) is 5.05. The number of nitrogens with zero attached hydrogens (tertiary/aromatic N) is 2. The van der Waals surface area contributed by atoms with Gasteiger partial charge in [0.15, 0.2) is 5.11 Å². The number of carbonyl (C=O) groups excluding carboxylic acids is 2. The molecule has 8 heteroatoms. The summed E-state index contributed by atoms with van der Waals surface area (Å²) in [7, 11) is 2.81. The number of likely N-dealkylation sites (N-methyl/N-ethyl adjacent to an activating group) is 1. The number of amides is 1. The van der Waals surface area contributed by atoms with Crippen molar-refractivity contribution in [2.24, 2.45) is 0 Å². The van der Waals surface area contributed by atoms with Crippen LogP contribution in [-0.4, -0.2) is 47.5 Å². The molecule has 1 aliphatic rings. The van der Waals surface area contributed by atoms with E-state index in [2.05, 4.69) is 4.74 Å². The number of hydrogen-bond acceptors (Lipinski definition) is 4. The number of hydrogen-bond donors (Lipinski definition) is 0. The third-order valence-corrected chi connectivity index (χ3v) is 4.16. The fourth-order valence-electron chi connectivity index (χ4n) is 1.91. The van der Waals surface area contributed by atoms with Gasteiger partial charge in [-0.05, 0) is 36.0 Å². The van der Waals surface area contributed by atoms with Crippen molar-refractivity contribution < 1.29 is 14.3 Å². The summed E-state index contributed by atoms with van der Waals surface area (Å²) >= 11 is 17.1. The first-order chi connectivity index (χ1) is 10.3. The van der Waals surface area contributed by atoms with Gasteiger partial charge in [-0.2, -0.15) is 0 Å². The molecule has 0 spiro atoms. The van der Waals surface area contributed by atoms with Crippen molar-refractivity contribution in [1.82, 2.24) is 9.80 Å². The fourth-order valence-corrected chi connectivity index (χ4v) is 2.62. The van der Waals surface area contributed by atoms with Crippen molar-refractivity contribution >= 4 is 58.5 Å². The number of methoxy groups -OCH3 is 1. The van der Waals surface area contributed by atoms with E-state index in [1.807, 2.05) is 0 Å². The Balaban J connectivity index is 2.44. The zero-order valence-corrected chi connectivity index (χ0v) is 14.1. The lowest BCUT2D eigenvalue weighted by Crippen LogP contribution is -2.33. The normalized spacial score (nSPS) is 16.6. The second kappa shape index (κ2) is 6.64. The van der Waals surface area contributed by atoms with E-state index in [4.69, 9.17) is 35.4 Å². The van der Waals surface area contributed by atoms with E-state index in [1.165, 1.54) is 16.9 Å². The first-order valence-electron chi connectivity index (χ1n) is 6.18. The fraction of sp³-hybridized carbons (Fsp3) is 0.214. The van der Waals surface area contributed by atoms with E-state index in [1.54, 1.807) is 31.3 Å². The van der Waals surface area contributed by atoms with Crippen LogP contribution in [0, 0.1) is 0 Å². The van der Waals surface area contributed by atoms with Gasteiger partial charge in [0.25, 0.3) is 5.91 Å². The summed E-state index contributed by atoms with van der Waals surface area (Å²) in [5.74, 6) is -0.821. The molecule has 2 rings (SSSR count). The van der Waals surface area contributed by atoms with Crippen LogP contribution in [0.4, 0.5) is 0 Å². The highest BCUT2D eigenvalue weighted by molar-refractivity contribution is 7.80. The molecule has 0 aromatic heterocycles. The van der Waals surface area contributed by atoms with Crippen LogP contribution in [0.5, 0.6) is 0 Å². The van der Waals surface area contributed by atoms with Gasteiger partial charge in [-0.3, -0.25) is 14.5 Å². The Bertz CT molecular complexity index is 691. The van der Waals surface area contributed by atoms with Crippen LogP contribution in [0.1, 0.15) is 5.56 Å². The zero-order chi connectivity index (χ0) is 16.4. The van der Waals surface area contributed by atoms with Gasteiger partial charge in [-0.25, -0.2) is 0 Å². The Labute approximate surface area is 143 Å². The molecule has 0 N–H and O–H groups in total. The van der Waals surface area contributed by atoms with Crippen molar-refractivity contribution in [1.29, 1.82) is 0 Å². The largest absolute Gasteiger partial charge is 0.468 e. The number of esters is 1. The molecule has 116 valence electrons. The van der Waals surface area contributed by atoms with Crippen molar-refractivity contribution in [3.05, 3.63) is 39.5 Å². The van der Waals surface area contributed by atoms with E-state index in [9.17, 15) is 9.59 Å². The summed E-state index contributed by atoms with van der Waals surface area (Å²) < 4.78 is 4.63. The molecule has 0 atom stereocenters. The Hall–Kier alpha value is -1.63. The number of halogens is 2. The summed E-state index contributed by atoms with van der Waals surface area (Å²) in [6, 6.07) is 4.91. The minimum atomic E-state index is -0.501. The monoisotopic (exact) mass is 358 g/mol. The van der Waals surface area contributed by atoms with Crippen LogP contribution >= 0.6 is 35.4 Å². The van der Waals surface area contributed by atoms with Gasteiger partial charge in [0.1, 0.15) is 12.2 Å². The highest BCUT2D eigenvalue weighted by Gasteiger charge is 2.36. The van der Waals surface area contributed by atoms with E-state index < -0.39 is 5.97 Å². The van der Waals surface area contributed by atoms with Crippen LogP contribution in [-0.2, 0) is 14.3 Å². The maximum absolute atomic E-state index is 12.3. The number of rotatable bonds is 3. The first kappa shape index (κ1) is 16.7. The molecule has 1 aromatic carbocycles. The van der Waals surface area contributed by atoms with Crippen LogP contribution in [0.3, 0.4) is 0 Å². The smallest absolute Gasteiger partial charge is 0.325 e. The van der Waals surface area contributed by atoms with Crippen LogP contribution in [0.15, 0.2) is 23.9 Å². The minimum absolute atomic E-state index is 0.150. The molecule has 0 saturated carbocycles. The molecule has 0 radical (unpaired) electrons. The van der Waals surface area contributed by atoms with Crippen LogP contribution in [0.2, 0.25) is 10.0 Å². The predicted molar refractivity (Wildman–Crippen MR) is 88.5 cm³/mol. The lowest BCUT2D eigenvalue weighted by molar-refractivity contribution is -0.140. The first-order valence-corrected chi connectivity index (χ1v) is 7.34. The Morgan fingerprint density at radius 1 is 1.41 bits per heavy atom. The third kappa shape index (κ3) is 3.24. The number of carbonyl (C=O) groups is 2. The second-order valence-electron chi connectivity index (χ2n) is 4.50. The number of ether oxygens (including phenoxy) is 1. The maximum Gasteiger partial charge on any atom is 0.325 e. The van der Waals surface area contributed by atoms with Crippen molar-refractivity contribution in [3.8, 4) is 0 Å². The summed E-state index contributed by atoms with van der Waals surface area (Å²) in [6.45, 7) is -0.150. The molecular weight excluding hydrogens is 347 g/mol. The molecule has 1 amide bonds. The van der Waals surface area contributed by atoms with Gasteiger partial charge in [0, 0.05) is 17.1 Å². The third-order valence-electron chi connectivity index (χ3n) is 3.10. The summed E-state index contributed by atoms with van der Waals surface area (Å²) in [6.07, 6.45) is 1.57. The topological polar surface area (TPSA) is 49.9 Å².